The maximum absolute atomic E-state index is 13.9. The molecule has 1 aliphatic carbocycles. The second-order valence-electron chi connectivity index (χ2n) is 9.38. The molecule has 6 rings (SSSR count). The molecule has 0 saturated carbocycles. The number of anilines is 2. The summed E-state index contributed by atoms with van der Waals surface area (Å²) in [5, 5.41) is 14.0. The Balaban J connectivity index is 1.95. The maximum Gasteiger partial charge on any atom is 0.296 e. The van der Waals surface area contributed by atoms with Gasteiger partial charge in [-0.25, -0.2) is 4.98 Å². The van der Waals surface area contributed by atoms with E-state index in [-0.39, 0.29) is 37.8 Å². The van der Waals surface area contributed by atoms with Crippen LogP contribution < -0.4 is 21.5 Å². The molecule has 2 aliphatic rings. The number of aliphatic hydroxyl groups is 1. The number of benzene rings is 4. The van der Waals surface area contributed by atoms with Gasteiger partial charge < -0.3 is 10.4 Å². The average molecular weight is 603 g/mol. The van der Waals surface area contributed by atoms with E-state index in [1.165, 1.54) is 24.3 Å². The minimum atomic E-state index is -5.00. The molecule has 13 heteroatoms. The first-order chi connectivity index (χ1) is 19.9. The summed E-state index contributed by atoms with van der Waals surface area (Å²) in [7, 11) is -9.67. The topological polar surface area (TPSA) is 188 Å². The highest BCUT2D eigenvalue weighted by Crippen LogP contribution is 2.31. The van der Waals surface area contributed by atoms with Gasteiger partial charge in [-0.3, -0.25) is 18.7 Å². The number of aromatic nitrogens is 1. The molecule has 0 fully saturated rings. The van der Waals surface area contributed by atoms with Crippen molar-refractivity contribution in [2.24, 2.45) is 0 Å². The van der Waals surface area contributed by atoms with Gasteiger partial charge in [0.05, 0.1) is 26.7 Å². The van der Waals surface area contributed by atoms with Crippen molar-refractivity contribution >= 4 is 59.0 Å². The van der Waals surface area contributed by atoms with Crippen LogP contribution in [0.5, 0.6) is 0 Å². The Morgan fingerprint density at radius 1 is 0.738 bits per heavy atom. The van der Waals surface area contributed by atoms with Crippen LogP contribution in [0.1, 0.15) is 5.56 Å². The van der Waals surface area contributed by atoms with E-state index < -0.39 is 57.5 Å². The van der Waals surface area contributed by atoms with Crippen molar-refractivity contribution in [3.05, 3.63) is 127 Å². The molecular weight excluding hydrogens is 584 g/mol. The van der Waals surface area contributed by atoms with E-state index >= 15 is 0 Å². The fourth-order valence-corrected chi connectivity index (χ4v) is 6.26. The normalized spacial score (nSPS) is 13.1. The third kappa shape index (κ3) is 4.40. The van der Waals surface area contributed by atoms with Crippen LogP contribution in [0, 0.1) is 10.4 Å². The molecule has 0 unspecified atom stereocenters. The lowest BCUT2D eigenvalue weighted by molar-refractivity contribution is 0.481. The lowest BCUT2D eigenvalue weighted by Gasteiger charge is -2.15. The van der Waals surface area contributed by atoms with Crippen molar-refractivity contribution < 1.29 is 31.0 Å². The molecule has 0 bridgehead atoms. The quantitative estimate of drug-likeness (QED) is 0.212. The van der Waals surface area contributed by atoms with Crippen LogP contribution >= 0.6 is 0 Å². The van der Waals surface area contributed by atoms with Crippen LogP contribution in [-0.2, 0) is 20.2 Å². The highest BCUT2D eigenvalue weighted by atomic mass is 32.2. The smallest absolute Gasteiger partial charge is 0.296 e. The lowest BCUT2D eigenvalue weighted by atomic mass is 9.96. The molecule has 1 heterocycles. The molecular formula is C29H18N2O9S2. The maximum atomic E-state index is 13.9. The molecule has 42 heavy (non-hydrogen) atoms. The van der Waals surface area contributed by atoms with E-state index in [1.807, 2.05) is 0 Å². The zero-order chi connectivity index (χ0) is 30.0. The Hall–Kier alpha value is -4.95. The highest BCUT2D eigenvalue weighted by molar-refractivity contribution is 7.86. The Morgan fingerprint density at radius 2 is 1.40 bits per heavy atom. The SMILES string of the molecule is O=c1nc2c(S(=O)(=O)O)cc(Nc3ccccc3)c3c2=c(/c1=C(/O)c1cccc(S(=O)(=O)O)c1)c1ccccc1c3=O. The molecule has 11 nitrogen and oxygen atoms in total. The predicted octanol–water partition coefficient (Wildman–Crippen LogP) is 2.94. The van der Waals surface area contributed by atoms with E-state index in [0.29, 0.717) is 5.69 Å². The Bertz CT molecular complexity index is 2540. The van der Waals surface area contributed by atoms with Crippen molar-refractivity contribution in [2.45, 2.75) is 9.79 Å². The van der Waals surface area contributed by atoms with Gasteiger partial charge in [0.25, 0.3) is 25.8 Å². The summed E-state index contributed by atoms with van der Waals surface area (Å²) in [6.45, 7) is 0. The first-order valence-electron chi connectivity index (χ1n) is 12.2. The molecule has 4 N–H and O–H groups in total. The van der Waals surface area contributed by atoms with Gasteiger partial charge in [0, 0.05) is 27.1 Å². The number of para-hydroxylation sites is 1. The standard InChI is InChI=1S/C29H18N2O9S2/c32-27(15-7-6-10-17(13-15)41(35,36)37)25-22-18-11-4-5-12-19(18)28(33)23-20(30-16-8-2-1-3-9-16)14-21(42(38,39)40)26(24(22)23)31-29(25)34/h1-14,30,32H,(H,35,36,37)(H,38,39,40)/b27-25-. The van der Waals surface area contributed by atoms with Gasteiger partial charge in [-0.2, -0.15) is 16.8 Å². The summed E-state index contributed by atoms with van der Waals surface area (Å²) in [4.78, 5) is 30.1. The van der Waals surface area contributed by atoms with Crippen molar-refractivity contribution in [1.29, 1.82) is 0 Å². The van der Waals surface area contributed by atoms with Crippen LogP contribution in [0.2, 0.25) is 0 Å². The Labute approximate surface area is 236 Å². The molecule has 0 aromatic heterocycles. The third-order valence-corrected chi connectivity index (χ3v) is 8.55. The minimum absolute atomic E-state index is 0.0126. The number of nitrogens with one attached hydrogen (secondary N) is 1. The van der Waals surface area contributed by atoms with E-state index in [2.05, 4.69) is 10.3 Å². The second kappa shape index (κ2) is 9.56. The molecule has 0 amide bonds. The van der Waals surface area contributed by atoms with Crippen LogP contribution in [-0.4, -0.2) is 36.0 Å². The van der Waals surface area contributed by atoms with Gasteiger partial charge in [0.1, 0.15) is 10.7 Å². The van der Waals surface area contributed by atoms with E-state index in [0.717, 1.165) is 18.2 Å². The fraction of sp³-hybridized carbons (Fsp3) is 0. The molecule has 0 radical (unpaired) electrons. The van der Waals surface area contributed by atoms with Crippen LogP contribution in [0.3, 0.4) is 0 Å². The van der Waals surface area contributed by atoms with E-state index in [9.17, 15) is 40.6 Å². The Kier molecular flexibility index (Phi) is 6.20. The molecule has 210 valence electrons. The number of rotatable bonds is 5. The molecule has 0 atom stereocenters. The predicted molar refractivity (Wildman–Crippen MR) is 154 cm³/mol. The van der Waals surface area contributed by atoms with Gasteiger partial charge >= 0.3 is 0 Å². The van der Waals surface area contributed by atoms with Crippen molar-refractivity contribution in [3.63, 3.8) is 0 Å². The zero-order valence-electron chi connectivity index (χ0n) is 21.1. The zero-order valence-corrected chi connectivity index (χ0v) is 22.8. The summed E-state index contributed by atoms with van der Waals surface area (Å²) in [6, 6.07) is 20.2. The largest absolute Gasteiger partial charge is 0.506 e. The fourth-order valence-electron chi connectivity index (χ4n) is 5.07. The summed E-state index contributed by atoms with van der Waals surface area (Å²) in [5.74, 6) is -0.736. The number of aliphatic hydroxyl groups excluding tert-OH is 1. The second-order valence-corrected chi connectivity index (χ2v) is 12.2. The molecule has 4 aromatic carbocycles. The van der Waals surface area contributed by atoms with E-state index in [4.69, 9.17) is 0 Å². The van der Waals surface area contributed by atoms with Crippen molar-refractivity contribution in [2.75, 3.05) is 5.32 Å². The third-order valence-electron chi connectivity index (χ3n) is 6.83. The summed E-state index contributed by atoms with van der Waals surface area (Å²) >= 11 is 0. The van der Waals surface area contributed by atoms with Gasteiger partial charge in [0.15, 0.2) is 5.43 Å². The van der Waals surface area contributed by atoms with Crippen molar-refractivity contribution in [1.82, 2.24) is 4.98 Å². The lowest BCUT2D eigenvalue weighted by Crippen LogP contribution is -2.33. The number of nitrogens with zero attached hydrogens (tertiary/aromatic N) is 1. The summed E-state index contributed by atoms with van der Waals surface area (Å²) in [5.41, 5.74) is -1.85. The van der Waals surface area contributed by atoms with Crippen LogP contribution in [0.25, 0.3) is 27.4 Å². The van der Waals surface area contributed by atoms with Crippen molar-refractivity contribution in [3.8, 4) is 0 Å². The number of hydrogen-bond donors (Lipinski definition) is 4. The molecule has 1 aliphatic heterocycles. The van der Waals surface area contributed by atoms with Gasteiger partial charge in [0.2, 0.25) is 0 Å². The summed E-state index contributed by atoms with van der Waals surface area (Å²) < 4.78 is 68.3. The number of fused-ring (bicyclic) bond motifs is 2. The van der Waals surface area contributed by atoms with Crippen LogP contribution in [0.15, 0.2) is 104 Å². The molecule has 0 spiro atoms. The molecule has 4 aromatic rings. The van der Waals surface area contributed by atoms with Gasteiger partial charge in [-0.1, -0.05) is 54.6 Å². The summed E-state index contributed by atoms with van der Waals surface area (Å²) in [6.07, 6.45) is 0. The van der Waals surface area contributed by atoms with Gasteiger partial charge in [-0.15, -0.1) is 0 Å². The monoisotopic (exact) mass is 602 g/mol. The number of hydrogen-bond acceptors (Lipinski definition) is 9. The molecule has 0 saturated heterocycles. The highest BCUT2D eigenvalue weighted by Gasteiger charge is 2.25. The van der Waals surface area contributed by atoms with E-state index in [1.54, 1.807) is 42.5 Å². The van der Waals surface area contributed by atoms with Gasteiger partial charge in [-0.05, 0) is 35.7 Å². The minimum Gasteiger partial charge on any atom is -0.506 e. The first kappa shape index (κ1) is 27.2. The van der Waals surface area contributed by atoms with Crippen LogP contribution in [0.4, 0.5) is 11.4 Å². The average Bonchev–Trinajstić information content (AvgIpc) is 2.95. The Morgan fingerprint density at radius 3 is 2.07 bits per heavy atom. The first-order valence-corrected chi connectivity index (χ1v) is 15.0.